The van der Waals surface area contributed by atoms with Gasteiger partial charge in [0.1, 0.15) is 0 Å². The Morgan fingerprint density at radius 2 is 2.46 bits per heavy atom. The molecular weight excluding hydrogens is 170 g/mol. The average Bonchev–Trinajstić information content (AvgIpc) is 2.03. The van der Waals surface area contributed by atoms with Crippen molar-refractivity contribution in [2.75, 3.05) is 18.5 Å². The predicted molar refractivity (Wildman–Crippen MR) is 49.8 cm³/mol. The number of aromatic nitrogens is 2. The first-order valence-corrected chi connectivity index (χ1v) is 4.03. The van der Waals surface area contributed by atoms with E-state index in [0.29, 0.717) is 12.2 Å². The summed E-state index contributed by atoms with van der Waals surface area (Å²) in [5, 5.41) is 15.0. The molecule has 5 nitrogen and oxygen atoms in total. The summed E-state index contributed by atoms with van der Waals surface area (Å²) < 4.78 is 0. The summed E-state index contributed by atoms with van der Waals surface area (Å²) in [6, 6.07) is 1.44. The van der Waals surface area contributed by atoms with E-state index in [9.17, 15) is 4.79 Å². The quantitative estimate of drug-likeness (QED) is 0.668. The van der Waals surface area contributed by atoms with Crippen LogP contribution in [-0.2, 0) is 0 Å². The molecule has 0 aliphatic rings. The Balaban J connectivity index is 2.77. The minimum absolute atomic E-state index is 0.241. The number of H-pyrrole nitrogens is 1. The van der Waals surface area contributed by atoms with Crippen LogP contribution in [0.25, 0.3) is 0 Å². The number of nitrogens with zero attached hydrogens (tertiary/aromatic N) is 2. The summed E-state index contributed by atoms with van der Waals surface area (Å²) in [5.41, 5.74) is 0.458. The molecule has 2 N–H and O–H groups in total. The lowest BCUT2D eigenvalue weighted by Crippen LogP contribution is -2.28. The fourth-order valence-corrected chi connectivity index (χ4v) is 1.08. The van der Waals surface area contributed by atoms with Crippen molar-refractivity contribution in [1.29, 1.82) is 0 Å². The highest BCUT2D eigenvalue weighted by Crippen LogP contribution is 2.06. The highest BCUT2D eigenvalue weighted by Gasteiger charge is 2.04. The molecule has 0 saturated carbocycles. The second-order valence-electron chi connectivity index (χ2n) is 3.03. The van der Waals surface area contributed by atoms with Crippen LogP contribution in [0.3, 0.4) is 0 Å². The average molecular weight is 183 g/mol. The first kappa shape index (κ1) is 9.73. The summed E-state index contributed by atoms with van der Waals surface area (Å²) in [6.07, 6.45) is 1.12. The molecule has 0 bridgehead atoms. The maximum atomic E-state index is 10.9. The van der Waals surface area contributed by atoms with E-state index in [-0.39, 0.29) is 5.56 Å². The Hall–Kier alpha value is -1.36. The zero-order valence-corrected chi connectivity index (χ0v) is 7.69. The first-order chi connectivity index (χ1) is 6.09. The number of aliphatic hydroxyl groups is 1. The van der Waals surface area contributed by atoms with Gasteiger partial charge in [-0.1, -0.05) is 0 Å². The molecule has 1 aromatic heterocycles. The molecule has 0 aromatic carbocycles. The van der Waals surface area contributed by atoms with Crippen LogP contribution in [-0.4, -0.2) is 35.0 Å². The molecule has 1 heterocycles. The van der Waals surface area contributed by atoms with E-state index in [4.69, 9.17) is 5.11 Å². The fraction of sp³-hybridized carbons (Fsp3) is 0.500. The third-order valence-corrected chi connectivity index (χ3v) is 1.63. The molecule has 72 valence electrons. The van der Waals surface area contributed by atoms with Crippen molar-refractivity contribution in [2.45, 2.75) is 13.0 Å². The van der Waals surface area contributed by atoms with Crippen LogP contribution in [0, 0.1) is 0 Å². The second-order valence-corrected chi connectivity index (χ2v) is 3.03. The Bertz CT molecular complexity index is 321. The lowest BCUT2D eigenvalue weighted by molar-refractivity contribution is 0.201. The number of hydrogen-bond donors (Lipinski definition) is 2. The summed E-state index contributed by atoms with van der Waals surface area (Å²) >= 11 is 0. The first-order valence-electron chi connectivity index (χ1n) is 4.03. The smallest absolute Gasteiger partial charge is 0.266 e. The minimum Gasteiger partial charge on any atom is -0.392 e. The van der Waals surface area contributed by atoms with Gasteiger partial charge in [0.15, 0.2) is 0 Å². The number of anilines is 1. The summed E-state index contributed by atoms with van der Waals surface area (Å²) in [6.45, 7) is 2.17. The number of rotatable bonds is 3. The maximum Gasteiger partial charge on any atom is 0.266 e. The lowest BCUT2D eigenvalue weighted by Gasteiger charge is -2.19. The molecular formula is C8H13N3O2. The maximum absolute atomic E-state index is 10.9. The van der Waals surface area contributed by atoms with Gasteiger partial charge >= 0.3 is 0 Å². The monoisotopic (exact) mass is 183 g/mol. The van der Waals surface area contributed by atoms with E-state index in [2.05, 4.69) is 10.2 Å². The molecule has 1 unspecified atom stereocenters. The van der Waals surface area contributed by atoms with Crippen molar-refractivity contribution < 1.29 is 5.11 Å². The summed E-state index contributed by atoms with van der Waals surface area (Å²) in [7, 11) is 1.79. The molecule has 0 saturated heterocycles. The van der Waals surface area contributed by atoms with Gasteiger partial charge in [0.05, 0.1) is 18.0 Å². The fourth-order valence-electron chi connectivity index (χ4n) is 1.08. The Kier molecular flexibility index (Phi) is 3.02. The molecule has 0 aliphatic heterocycles. The highest BCUT2D eigenvalue weighted by molar-refractivity contribution is 5.41. The van der Waals surface area contributed by atoms with E-state index >= 15 is 0 Å². The summed E-state index contributed by atoms with van der Waals surface area (Å²) in [4.78, 5) is 12.6. The van der Waals surface area contributed by atoms with Crippen molar-refractivity contribution in [3.8, 4) is 0 Å². The van der Waals surface area contributed by atoms with Crippen molar-refractivity contribution >= 4 is 5.69 Å². The molecule has 0 amide bonds. The van der Waals surface area contributed by atoms with E-state index in [1.54, 1.807) is 25.1 Å². The van der Waals surface area contributed by atoms with E-state index in [1.807, 2.05) is 0 Å². The van der Waals surface area contributed by atoms with E-state index in [0.717, 1.165) is 0 Å². The SMILES string of the molecule is CC(O)CN(C)c1cn[nH]c(=O)c1. The van der Waals surface area contributed by atoms with Gasteiger partial charge < -0.3 is 10.0 Å². The zero-order valence-electron chi connectivity index (χ0n) is 7.69. The normalized spacial score (nSPS) is 12.5. The van der Waals surface area contributed by atoms with Crippen molar-refractivity contribution in [1.82, 2.24) is 10.2 Å². The lowest BCUT2D eigenvalue weighted by atomic mass is 10.3. The number of aliphatic hydroxyl groups excluding tert-OH is 1. The van der Waals surface area contributed by atoms with Crippen LogP contribution < -0.4 is 10.5 Å². The van der Waals surface area contributed by atoms with Gasteiger partial charge in [-0.25, -0.2) is 5.10 Å². The van der Waals surface area contributed by atoms with Crippen molar-refractivity contribution in [2.24, 2.45) is 0 Å². The second kappa shape index (κ2) is 4.04. The van der Waals surface area contributed by atoms with Gasteiger partial charge in [-0.2, -0.15) is 5.10 Å². The van der Waals surface area contributed by atoms with Crippen LogP contribution in [0.15, 0.2) is 17.1 Å². The molecule has 1 aromatic rings. The van der Waals surface area contributed by atoms with Crippen LogP contribution in [0.1, 0.15) is 6.92 Å². The standard InChI is InChI=1S/C8H13N3O2/c1-6(12)5-11(2)7-3-8(13)10-9-4-7/h3-4,6,12H,5H2,1-2H3,(H,10,13). The number of nitrogens with one attached hydrogen (secondary N) is 1. The zero-order chi connectivity index (χ0) is 9.84. The van der Waals surface area contributed by atoms with Gasteiger partial charge in [0, 0.05) is 19.7 Å². The Labute approximate surface area is 76.0 Å². The number of likely N-dealkylation sites (N-methyl/N-ethyl adjacent to an activating group) is 1. The van der Waals surface area contributed by atoms with Gasteiger partial charge in [-0.05, 0) is 6.92 Å². The molecule has 0 fully saturated rings. The summed E-state index contributed by atoms with van der Waals surface area (Å²) in [5.74, 6) is 0. The van der Waals surface area contributed by atoms with Crippen LogP contribution >= 0.6 is 0 Å². The van der Waals surface area contributed by atoms with Crippen LogP contribution in [0.5, 0.6) is 0 Å². The molecule has 13 heavy (non-hydrogen) atoms. The highest BCUT2D eigenvalue weighted by atomic mass is 16.3. The Morgan fingerprint density at radius 1 is 1.77 bits per heavy atom. The van der Waals surface area contributed by atoms with E-state index in [1.165, 1.54) is 6.07 Å². The topological polar surface area (TPSA) is 69.2 Å². The number of hydrogen-bond acceptors (Lipinski definition) is 4. The van der Waals surface area contributed by atoms with Gasteiger partial charge in [0.2, 0.25) is 0 Å². The molecule has 0 aliphatic carbocycles. The number of aromatic amines is 1. The van der Waals surface area contributed by atoms with Crippen LogP contribution in [0.4, 0.5) is 5.69 Å². The van der Waals surface area contributed by atoms with Crippen molar-refractivity contribution in [3.63, 3.8) is 0 Å². The van der Waals surface area contributed by atoms with Crippen molar-refractivity contribution in [3.05, 3.63) is 22.6 Å². The molecule has 1 rings (SSSR count). The third kappa shape index (κ3) is 2.87. The van der Waals surface area contributed by atoms with Gasteiger partial charge in [-0.3, -0.25) is 4.79 Å². The molecule has 0 radical (unpaired) electrons. The molecule has 5 heteroatoms. The van der Waals surface area contributed by atoms with Gasteiger partial charge in [0.25, 0.3) is 5.56 Å². The minimum atomic E-state index is -0.427. The largest absolute Gasteiger partial charge is 0.392 e. The van der Waals surface area contributed by atoms with Crippen LogP contribution in [0.2, 0.25) is 0 Å². The van der Waals surface area contributed by atoms with Gasteiger partial charge in [-0.15, -0.1) is 0 Å². The predicted octanol–water partition coefficient (Wildman–Crippen LogP) is -0.413. The molecule has 1 atom stereocenters. The van der Waals surface area contributed by atoms with E-state index < -0.39 is 6.10 Å². The molecule has 0 spiro atoms. The third-order valence-electron chi connectivity index (χ3n) is 1.63. The Morgan fingerprint density at radius 3 is 3.00 bits per heavy atom.